The molecule has 1 amide bonds. The highest BCUT2D eigenvalue weighted by Crippen LogP contribution is 2.28. The number of ether oxygens (including phenoxy) is 1. The van der Waals surface area contributed by atoms with Gasteiger partial charge >= 0.3 is 0 Å². The highest BCUT2D eigenvalue weighted by Gasteiger charge is 2.20. The van der Waals surface area contributed by atoms with E-state index in [0.717, 1.165) is 15.1 Å². The predicted octanol–water partition coefficient (Wildman–Crippen LogP) is 4.67. The standard InChI is InChI=1S/C18H16BrNO3S/c1-22-12-6-7-15(19)13(10-12)18(21)20-11-14(16-4-2-8-23-16)17-5-3-9-24-17/h2-10,14H,11H2,1H3,(H,20,21)/t14-/m0/s1. The van der Waals surface area contributed by atoms with Crippen LogP contribution in [0.3, 0.4) is 0 Å². The fraction of sp³-hybridized carbons (Fsp3) is 0.167. The van der Waals surface area contributed by atoms with Crippen molar-refractivity contribution < 1.29 is 13.9 Å². The van der Waals surface area contributed by atoms with Crippen molar-refractivity contribution in [2.45, 2.75) is 5.92 Å². The molecule has 2 aromatic heterocycles. The first kappa shape index (κ1) is 16.8. The molecule has 24 heavy (non-hydrogen) atoms. The minimum atomic E-state index is -0.158. The van der Waals surface area contributed by atoms with E-state index >= 15 is 0 Å². The number of carbonyl (C=O) groups excluding carboxylic acids is 1. The van der Waals surface area contributed by atoms with E-state index in [1.165, 1.54) is 0 Å². The van der Waals surface area contributed by atoms with Crippen LogP contribution in [0.2, 0.25) is 0 Å². The average molecular weight is 406 g/mol. The molecule has 0 bridgehead atoms. The number of nitrogens with one attached hydrogen (secondary N) is 1. The van der Waals surface area contributed by atoms with Crippen LogP contribution in [0.1, 0.15) is 26.9 Å². The summed E-state index contributed by atoms with van der Waals surface area (Å²) in [5.41, 5.74) is 0.540. The van der Waals surface area contributed by atoms with Crippen molar-refractivity contribution in [3.05, 3.63) is 74.8 Å². The van der Waals surface area contributed by atoms with Crippen molar-refractivity contribution >= 4 is 33.2 Å². The van der Waals surface area contributed by atoms with Crippen molar-refractivity contribution in [2.75, 3.05) is 13.7 Å². The monoisotopic (exact) mass is 405 g/mol. The summed E-state index contributed by atoms with van der Waals surface area (Å²) >= 11 is 5.06. The second-order valence-electron chi connectivity index (χ2n) is 5.14. The topological polar surface area (TPSA) is 51.5 Å². The van der Waals surface area contributed by atoms with Crippen molar-refractivity contribution in [1.29, 1.82) is 0 Å². The molecule has 2 heterocycles. The van der Waals surface area contributed by atoms with Crippen molar-refractivity contribution in [3.8, 4) is 5.75 Å². The highest BCUT2D eigenvalue weighted by atomic mass is 79.9. The molecule has 0 aliphatic carbocycles. The maximum atomic E-state index is 12.6. The number of methoxy groups -OCH3 is 1. The number of rotatable bonds is 6. The van der Waals surface area contributed by atoms with Crippen LogP contribution in [0.15, 0.2) is 63.0 Å². The number of benzene rings is 1. The summed E-state index contributed by atoms with van der Waals surface area (Å²) in [5, 5.41) is 5.01. The number of furan rings is 1. The number of amides is 1. The van der Waals surface area contributed by atoms with Gasteiger partial charge in [-0.25, -0.2) is 0 Å². The molecule has 0 unspecified atom stereocenters. The Morgan fingerprint density at radius 1 is 1.33 bits per heavy atom. The molecule has 0 saturated heterocycles. The van der Waals surface area contributed by atoms with E-state index in [1.54, 1.807) is 42.9 Å². The number of halogens is 1. The lowest BCUT2D eigenvalue weighted by Crippen LogP contribution is -2.28. The predicted molar refractivity (Wildman–Crippen MR) is 97.9 cm³/mol. The van der Waals surface area contributed by atoms with Gasteiger partial charge in [-0.15, -0.1) is 11.3 Å². The van der Waals surface area contributed by atoms with Crippen LogP contribution in [0.4, 0.5) is 0 Å². The van der Waals surface area contributed by atoms with E-state index in [0.29, 0.717) is 17.9 Å². The van der Waals surface area contributed by atoms with Crippen molar-refractivity contribution in [3.63, 3.8) is 0 Å². The quantitative estimate of drug-likeness (QED) is 0.647. The number of thiophene rings is 1. The van der Waals surface area contributed by atoms with Gasteiger partial charge in [0, 0.05) is 15.9 Å². The van der Waals surface area contributed by atoms with Crippen LogP contribution in [-0.4, -0.2) is 19.6 Å². The third-order valence-corrected chi connectivity index (χ3v) is 5.34. The van der Waals surface area contributed by atoms with Crippen molar-refractivity contribution in [2.24, 2.45) is 0 Å². The highest BCUT2D eigenvalue weighted by molar-refractivity contribution is 9.10. The van der Waals surface area contributed by atoms with Gasteiger partial charge in [0.15, 0.2) is 0 Å². The van der Waals surface area contributed by atoms with E-state index in [9.17, 15) is 4.79 Å². The molecule has 1 aromatic carbocycles. The molecule has 3 rings (SSSR count). The normalized spacial score (nSPS) is 11.9. The molecule has 0 fully saturated rings. The molecule has 3 aromatic rings. The Balaban J connectivity index is 1.77. The summed E-state index contributed by atoms with van der Waals surface area (Å²) in [5.74, 6) is 1.31. The minimum absolute atomic E-state index is 0.00617. The second-order valence-corrected chi connectivity index (χ2v) is 6.97. The van der Waals surface area contributed by atoms with Crippen LogP contribution < -0.4 is 10.1 Å². The largest absolute Gasteiger partial charge is 0.497 e. The summed E-state index contributed by atoms with van der Waals surface area (Å²) in [6.07, 6.45) is 1.65. The fourth-order valence-corrected chi connectivity index (χ4v) is 3.68. The Labute approximate surface area is 152 Å². The summed E-state index contributed by atoms with van der Waals surface area (Å²) < 4.78 is 11.5. The van der Waals surface area contributed by atoms with Crippen LogP contribution in [-0.2, 0) is 0 Å². The van der Waals surface area contributed by atoms with Gasteiger partial charge in [-0.05, 0) is 57.7 Å². The zero-order valence-corrected chi connectivity index (χ0v) is 15.4. The lowest BCUT2D eigenvalue weighted by Gasteiger charge is -2.15. The van der Waals surface area contributed by atoms with Gasteiger partial charge in [0.1, 0.15) is 11.5 Å². The SMILES string of the molecule is COc1ccc(Br)c(C(=O)NC[C@@H](c2ccco2)c2cccs2)c1. The molecular weight excluding hydrogens is 390 g/mol. The molecule has 1 atom stereocenters. The lowest BCUT2D eigenvalue weighted by molar-refractivity contribution is 0.0951. The molecule has 1 N–H and O–H groups in total. The van der Waals surface area contributed by atoms with Gasteiger partial charge in [0.2, 0.25) is 0 Å². The second kappa shape index (κ2) is 7.68. The third-order valence-electron chi connectivity index (χ3n) is 3.66. The molecule has 0 saturated carbocycles. The van der Waals surface area contributed by atoms with Gasteiger partial charge in [0.05, 0.1) is 24.9 Å². The Kier molecular flexibility index (Phi) is 5.37. The third kappa shape index (κ3) is 3.71. The summed E-state index contributed by atoms with van der Waals surface area (Å²) in [4.78, 5) is 13.7. The van der Waals surface area contributed by atoms with Crippen LogP contribution in [0.25, 0.3) is 0 Å². The molecule has 6 heteroatoms. The zero-order chi connectivity index (χ0) is 16.9. The van der Waals surface area contributed by atoms with Gasteiger partial charge in [-0.3, -0.25) is 4.79 Å². The fourth-order valence-electron chi connectivity index (χ4n) is 2.42. The smallest absolute Gasteiger partial charge is 0.252 e. The average Bonchev–Trinajstić information content (AvgIpc) is 3.29. The minimum Gasteiger partial charge on any atom is -0.497 e. The van der Waals surface area contributed by atoms with Crippen LogP contribution >= 0.6 is 27.3 Å². The summed E-state index contributed by atoms with van der Waals surface area (Å²) in [6.45, 7) is 0.455. The zero-order valence-electron chi connectivity index (χ0n) is 13.0. The maximum Gasteiger partial charge on any atom is 0.252 e. The Bertz CT molecular complexity index is 766. The Hall–Kier alpha value is -2.05. The Morgan fingerprint density at radius 3 is 2.88 bits per heavy atom. The summed E-state index contributed by atoms with van der Waals surface area (Å²) in [6, 6.07) is 13.2. The molecular formula is C18H16BrNO3S. The maximum absolute atomic E-state index is 12.6. The molecule has 0 aliphatic heterocycles. The summed E-state index contributed by atoms with van der Waals surface area (Å²) in [7, 11) is 1.58. The number of carbonyl (C=O) groups is 1. The first-order chi connectivity index (χ1) is 11.7. The number of hydrogen-bond donors (Lipinski definition) is 1. The first-order valence-electron chi connectivity index (χ1n) is 7.37. The Morgan fingerprint density at radius 2 is 2.21 bits per heavy atom. The van der Waals surface area contributed by atoms with Gasteiger partial charge in [0.25, 0.3) is 5.91 Å². The first-order valence-corrected chi connectivity index (χ1v) is 9.05. The molecule has 4 nitrogen and oxygen atoms in total. The molecule has 0 aliphatic rings. The van der Waals surface area contributed by atoms with Gasteiger partial charge in [-0.1, -0.05) is 6.07 Å². The van der Waals surface area contributed by atoms with E-state index in [1.807, 2.05) is 29.6 Å². The van der Waals surface area contributed by atoms with E-state index in [2.05, 4.69) is 21.2 Å². The van der Waals surface area contributed by atoms with Gasteiger partial charge < -0.3 is 14.5 Å². The van der Waals surface area contributed by atoms with Gasteiger partial charge in [-0.2, -0.15) is 0 Å². The molecule has 124 valence electrons. The molecule has 0 spiro atoms. The molecule has 0 radical (unpaired) electrons. The van der Waals surface area contributed by atoms with E-state index in [-0.39, 0.29) is 11.8 Å². The van der Waals surface area contributed by atoms with E-state index in [4.69, 9.17) is 9.15 Å². The van der Waals surface area contributed by atoms with E-state index < -0.39 is 0 Å². The van der Waals surface area contributed by atoms with Crippen LogP contribution in [0, 0.1) is 0 Å². The lowest BCUT2D eigenvalue weighted by atomic mass is 10.0. The van der Waals surface area contributed by atoms with Crippen molar-refractivity contribution in [1.82, 2.24) is 5.32 Å². The number of hydrogen-bond acceptors (Lipinski definition) is 4. The van der Waals surface area contributed by atoms with Crippen LogP contribution in [0.5, 0.6) is 5.75 Å².